The molecule has 0 atom stereocenters. The fourth-order valence-corrected chi connectivity index (χ4v) is 1.82. The molecule has 0 spiro atoms. The first-order valence-corrected chi connectivity index (χ1v) is 6.27. The van der Waals surface area contributed by atoms with Crippen LogP contribution in [0, 0.1) is 18.3 Å². The van der Waals surface area contributed by atoms with E-state index in [1.54, 1.807) is 18.3 Å². The molecule has 0 aliphatic carbocycles. The zero-order valence-corrected chi connectivity index (χ0v) is 11.3. The van der Waals surface area contributed by atoms with E-state index in [2.05, 4.69) is 11.4 Å². The summed E-state index contributed by atoms with van der Waals surface area (Å²) in [5.74, 6) is 0. The van der Waals surface area contributed by atoms with Crippen molar-refractivity contribution in [2.45, 2.75) is 6.92 Å². The number of nitriles is 1. The Morgan fingerprint density at radius 3 is 2.47 bits per heavy atom. The van der Waals surface area contributed by atoms with Gasteiger partial charge in [0.2, 0.25) is 0 Å². The van der Waals surface area contributed by atoms with Crippen LogP contribution in [0.15, 0.2) is 54.7 Å². The standard InChI is InChI=1S/C16H13ClN2/c1-12-4-2-3-5-16(12)19-11-14(10-18)13-6-8-15(17)9-7-13/h2-9,11,19H,1H3/b14-11-. The quantitative estimate of drug-likeness (QED) is 0.824. The maximum atomic E-state index is 9.20. The molecule has 0 saturated carbocycles. The first-order chi connectivity index (χ1) is 9.20. The lowest BCUT2D eigenvalue weighted by Gasteiger charge is -2.06. The number of para-hydroxylation sites is 1. The summed E-state index contributed by atoms with van der Waals surface area (Å²) in [5.41, 5.74) is 3.53. The van der Waals surface area contributed by atoms with Crippen LogP contribution in [-0.2, 0) is 0 Å². The minimum Gasteiger partial charge on any atom is -0.360 e. The molecule has 0 radical (unpaired) electrons. The molecule has 3 heteroatoms. The van der Waals surface area contributed by atoms with Gasteiger partial charge in [0, 0.05) is 16.9 Å². The molecule has 2 nitrogen and oxygen atoms in total. The van der Waals surface area contributed by atoms with E-state index in [1.807, 2.05) is 43.3 Å². The number of allylic oxidation sites excluding steroid dienone is 1. The molecule has 0 heterocycles. The van der Waals surface area contributed by atoms with Gasteiger partial charge in [0.25, 0.3) is 0 Å². The molecular weight excluding hydrogens is 256 g/mol. The van der Waals surface area contributed by atoms with Crippen LogP contribution in [0.1, 0.15) is 11.1 Å². The normalized spacial score (nSPS) is 10.9. The SMILES string of the molecule is Cc1ccccc1N/C=C(/C#N)c1ccc(Cl)cc1. The van der Waals surface area contributed by atoms with E-state index in [0.717, 1.165) is 16.8 Å². The number of benzene rings is 2. The number of hydrogen-bond donors (Lipinski definition) is 1. The zero-order valence-electron chi connectivity index (χ0n) is 10.5. The van der Waals surface area contributed by atoms with Crippen LogP contribution < -0.4 is 5.32 Å². The number of nitrogens with zero attached hydrogens (tertiary/aromatic N) is 1. The number of hydrogen-bond acceptors (Lipinski definition) is 2. The number of rotatable bonds is 3. The van der Waals surface area contributed by atoms with Gasteiger partial charge >= 0.3 is 0 Å². The third-order valence-corrected chi connectivity index (χ3v) is 3.04. The molecule has 0 amide bonds. The summed E-state index contributed by atoms with van der Waals surface area (Å²) < 4.78 is 0. The van der Waals surface area contributed by atoms with Crippen molar-refractivity contribution in [1.82, 2.24) is 0 Å². The van der Waals surface area contributed by atoms with Crippen molar-refractivity contribution in [2.75, 3.05) is 5.32 Å². The molecule has 2 rings (SSSR count). The summed E-state index contributed by atoms with van der Waals surface area (Å²) >= 11 is 5.84. The van der Waals surface area contributed by atoms with Crippen molar-refractivity contribution < 1.29 is 0 Å². The monoisotopic (exact) mass is 268 g/mol. The average Bonchev–Trinajstić information content (AvgIpc) is 2.43. The smallest absolute Gasteiger partial charge is 0.101 e. The van der Waals surface area contributed by atoms with Crippen molar-refractivity contribution in [3.63, 3.8) is 0 Å². The number of anilines is 1. The zero-order chi connectivity index (χ0) is 13.7. The van der Waals surface area contributed by atoms with Crippen LogP contribution in [0.2, 0.25) is 5.02 Å². The second-order valence-electron chi connectivity index (χ2n) is 4.14. The van der Waals surface area contributed by atoms with Gasteiger partial charge < -0.3 is 5.32 Å². The summed E-state index contributed by atoms with van der Waals surface area (Å²) in [6.45, 7) is 2.02. The van der Waals surface area contributed by atoms with Crippen LogP contribution >= 0.6 is 11.6 Å². The van der Waals surface area contributed by atoms with Crippen LogP contribution in [-0.4, -0.2) is 0 Å². The molecule has 0 aromatic heterocycles. The summed E-state index contributed by atoms with van der Waals surface area (Å²) in [6, 6.07) is 17.3. The fourth-order valence-electron chi connectivity index (χ4n) is 1.69. The van der Waals surface area contributed by atoms with Crippen LogP contribution in [0.5, 0.6) is 0 Å². The molecule has 1 N–H and O–H groups in total. The predicted octanol–water partition coefficient (Wildman–Crippen LogP) is 4.63. The van der Waals surface area contributed by atoms with Gasteiger partial charge in [-0.1, -0.05) is 41.9 Å². The van der Waals surface area contributed by atoms with E-state index in [-0.39, 0.29) is 0 Å². The summed E-state index contributed by atoms with van der Waals surface area (Å²) in [4.78, 5) is 0. The maximum Gasteiger partial charge on any atom is 0.101 e. The van der Waals surface area contributed by atoms with E-state index < -0.39 is 0 Å². The minimum atomic E-state index is 0.569. The van der Waals surface area contributed by atoms with Gasteiger partial charge in [-0.25, -0.2) is 0 Å². The maximum absolute atomic E-state index is 9.20. The highest BCUT2D eigenvalue weighted by atomic mass is 35.5. The molecule has 0 unspecified atom stereocenters. The summed E-state index contributed by atoms with van der Waals surface area (Å²) in [6.07, 6.45) is 1.71. The lowest BCUT2D eigenvalue weighted by Crippen LogP contribution is -1.93. The topological polar surface area (TPSA) is 35.8 Å². The van der Waals surface area contributed by atoms with Crippen molar-refractivity contribution in [3.05, 3.63) is 70.9 Å². The van der Waals surface area contributed by atoms with Crippen molar-refractivity contribution in [3.8, 4) is 6.07 Å². The lowest BCUT2D eigenvalue weighted by molar-refractivity contribution is 1.43. The fraction of sp³-hybridized carbons (Fsp3) is 0.0625. The molecule has 0 aliphatic rings. The van der Waals surface area contributed by atoms with E-state index in [9.17, 15) is 5.26 Å². The Kier molecular flexibility index (Phi) is 4.22. The Morgan fingerprint density at radius 2 is 1.84 bits per heavy atom. The molecule has 2 aromatic rings. The molecule has 94 valence electrons. The van der Waals surface area contributed by atoms with Crippen molar-refractivity contribution in [2.24, 2.45) is 0 Å². The van der Waals surface area contributed by atoms with E-state index >= 15 is 0 Å². The van der Waals surface area contributed by atoms with E-state index in [0.29, 0.717) is 10.6 Å². The van der Waals surface area contributed by atoms with Gasteiger partial charge in [0.15, 0.2) is 0 Å². The second kappa shape index (κ2) is 6.08. The third-order valence-electron chi connectivity index (χ3n) is 2.79. The Hall–Kier alpha value is -2.24. The highest BCUT2D eigenvalue weighted by Gasteiger charge is 2.01. The first kappa shape index (κ1) is 13.2. The summed E-state index contributed by atoms with van der Waals surface area (Å²) in [5, 5.41) is 13.0. The summed E-state index contributed by atoms with van der Waals surface area (Å²) in [7, 11) is 0. The van der Waals surface area contributed by atoms with Gasteiger partial charge in [-0.15, -0.1) is 0 Å². The van der Waals surface area contributed by atoms with Crippen molar-refractivity contribution in [1.29, 1.82) is 5.26 Å². The average molecular weight is 269 g/mol. The molecule has 0 aliphatic heterocycles. The molecule has 0 saturated heterocycles. The lowest BCUT2D eigenvalue weighted by atomic mass is 10.1. The van der Waals surface area contributed by atoms with E-state index in [4.69, 9.17) is 11.6 Å². The second-order valence-corrected chi connectivity index (χ2v) is 4.57. The number of halogens is 1. The van der Waals surface area contributed by atoms with Crippen LogP contribution in [0.25, 0.3) is 5.57 Å². The highest BCUT2D eigenvalue weighted by Crippen LogP contribution is 2.19. The minimum absolute atomic E-state index is 0.569. The largest absolute Gasteiger partial charge is 0.360 e. The van der Waals surface area contributed by atoms with Gasteiger partial charge in [0.05, 0.1) is 5.57 Å². The van der Waals surface area contributed by atoms with Crippen LogP contribution in [0.3, 0.4) is 0 Å². The van der Waals surface area contributed by atoms with Gasteiger partial charge in [0.1, 0.15) is 6.07 Å². The van der Waals surface area contributed by atoms with Gasteiger partial charge in [-0.2, -0.15) is 5.26 Å². The third kappa shape index (κ3) is 3.37. The number of nitrogens with one attached hydrogen (secondary N) is 1. The highest BCUT2D eigenvalue weighted by molar-refractivity contribution is 6.30. The Morgan fingerprint density at radius 1 is 1.16 bits per heavy atom. The molecule has 0 fully saturated rings. The Balaban J connectivity index is 2.23. The first-order valence-electron chi connectivity index (χ1n) is 5.89. The molecule has 0 bridgehead atoms. The Labute approximate surface area is 118 Å². The van der Waals surface area contributed by atoms with Gasteiger partial charge in [-0.3, -0.25) is 0 Å². The van der Waals surface area contributed by atoms with E-state index in [1.165, 1.54) is 0 Å². The molecular formula is C16H13ClN2. The molecule has 19 heavy (non-hydrogen) atoms. The molecule has 2 aromatic carbocycles. The van der Waals surface area contributed by atoms with Gasteiger partial charge in [-0.05, 0) is 36.2 Å². The predicted molar refractivity (Wildman–Crippen MR) is 79.8 cm³/mol. The Bertz CT molecular complexity index is 637. The van der Waals surface area contributed by atoms with Crippen molar-refractivity contribution >= 4 is 22.9 Å². The number of aryl methyl sites for hydroxylation is 1. The van der Waals surface area contributed by atoms with Crippen LogP contribution in [0.4, 0.5) is 5.69 Å².